The summed E-state index contributed by atoms with van der Waals surface area (Å²) < 4.78 is 6.44. The van der Waals surface area contributed by atoms with E-state index in [1.54, 1.807) is 18.2 Å². The molecule has 0 aliphatic carbocycles. The fourth-order valence-electron chi connectivity index (χ4n) is 2.88. The van der Waals surface area contributed by atoms with Crippen molar-refractivity contribution < 1.29 is 14.6 Å². The Bertz CT molecular complexity index is 1050. The largest absolute Gasteiger partial charge is 0.508 e. The molecule has 3 nitrogen and oxygen atoms in total. The zero-order valence-corrected chi connectivity index (χ0v) is 14.7. The highest BCUT2D eigenvalue weighted by molar-refractivity contribution is 7.22. The van der Waals surface area contributed by atoms with E-state index in [0.717, 1.165) is 26.1 Å². The number of phenols is 1. The van der Waals surface area contributed by atoms with Crippen molar-refractivity contribution in [2.45, 2.75) is 6.61 Å². The van der Waals surface area contributed by atoms with Crippen LogP contribution in [-0.2, 0) is 11.3 Å². The molecular formula is C22H16O3S. The number of hydrogen-bond acceptors (Lipinski definition) is 4. The first-order chi connectivity index (χ1) is 12.7. The highest BCUT2D eigenvalue weighted by atomic mass is 32.1. The minimum Gasteiger partial charge on any atom is -0.508 e. The maximum atomic E-state index is 12.9. The number of thiophene rings is 1. The molecular weight excluding hydrogens is 344 g/mol. The summed E-state index contributed by atoms with van der Waals surface area (Å²) >= 11 is 1.48. The van der Waals surface area contributed by atoms with Gasteiger partial charge < -0.3 is 9.84 Å². The van der Waals surface area contributed by atoms with E-state index in [9.17, 15) is 9.90 Å². The van der Waals surface area contributed by atoms with Crippen LogP contribution in [0.2, 0.25) is 0 Å². The van der Waals surface area contributed by atoms with E-state index < -0.39 is 0 Å². The zero-order valence-electron chi connectivity index (χ0n) is 13.9. The highest BCUT2D eigenvalue weighted by Crippen LogP contribution is 2.40. The molecule has 4 rings (SSSR count). The summed E-state index contributed by atoms with van der Waals surface area (Å²) in [7, 11) is 0. The predicted octanol–water partition coefficient (Wildman–Crippen LogP) is 5.63. The minimum absolute atomic E-state index is 0.183. The van der Waals surface area contributed by atoms with E-state index in [-0.39, 0.29) is 18.3 Å². The normalized spacial score (nSPS) is 10.8. The van der Waals surface area contributed by atoms with Crippen LogP contribution in [0, 0.1) is 0 Å². The van der Waals surface area contributed by atoms with Gasteiger partial charge in [0.25, 0.3) is 0 Å². The fourth-order valence-corrected chi connectivity index (χ4v) is 4.10. The first kappa shape index (κ1) is 16.4. The number of fused-ring (bicyclic) bond motifs is 1. The Hall–Kier alpha value is -3.11. The Morgan fingerprint density at radius 2 is 1.62 bits per heavy atom. The molecule has 0 saturated heterocycles. The summed E-state index contributed by atoms with van der Waals surface area (Å²) in [4.78, 5) is 13.7. The van der Waals surface area contributed by atoms with E-state index in [2.05, 4.69) is 0 Å². The lowest BCUT2D eigenvalue weighted by Gasteiger charge is -2.07. The van der Waals surface area contributed by atoms with Crippen LogP contribution in [0.4, 0.5) is 0 Å². The van der Waals surface area contributed by atoms with Crippen molar-refractivity contribution in [2.24, 2.45) is 0 Å². The number of carbonyl (C=O) groups is 1. The Morgan fingerprint density at radius 1 is 0.923 bits per heavy atom. The van der Waals surface area contributed by atoms with E-state index in [0.29, 0.717) is 5.56 Å². The predicted molar refractivity (Wildman–Crippen MR) is 104 cm³/mol. The number of aromatic hydroxyl groups is 1. The van der Waals surface area contributed by atoms with E-state index in [4.69, 9.17) is 4.74 Å². The summed E-state index contributed by atoms with van der Waals surface area (Å²) in [5.74, 6) is -0.174. The topological polar surface area (TPSA) is 46.5 Å². The second-order valence-electron chi connectivity index (χ2n) is 5.91. The van der Waals surface area contributed by atoms with E-state index >= 15 is 0 Å². The Kier molecular flexibility index (Phi) is 4.42. The molecule has 0 spiro atoms. The summed E-state index contributed by atoms with van der Waals surface area (Å²) in [5.41, 5.74) is 2.45. The number of rotatable bonds is 4. The molecule has 0 unspecified atom stereocenters. The Labute approximate surface area is 155 Å². The molecule has 0 amide bonds. The van der Waals surface area contributed by atoms with Crippen LogP contribution in [0.3, 0.4) is 0 Å². The van der Waals surface area contributed by atoms with Gasteiger partial charge in [-0.15, -0.1) is 11.3 Å². The Balaban J connectivity index is 1.75. The second-order valence-corrected chi connectivity index (χ2v) is 6.97. The number of hydrogen-bond donors (Lipinski definition) is 1. The summed E-state index contributed by atoms with van der Waals surface area (Å²) in [6.45, 7) is 0.226. The van der Waals surface area contributed by atoms with E-state index in [1.807, 2.05) is 60.7 Å². The highest BCUT2D eigenvalue weighted by Gasteiger charge is 2.21. The Morgan fingerprint density at radius 3 is 2.35 bits per heavy atom. The molecule has 1 N–H and O–H groups in total. The smallest absolute Gasteiger partial charge is 0.340 e. The molecule has 0 atom stereocenters. The van der Waals surface area contributed by atoms with Crippen LogP contribution < -0.4 is 0 Å². The summed E-state index contributed by atoms with van der Waals surface area (Å²) in [6.07, 6.45) is 0. The molecule has 0 bridgehead atoms. The average molecular weight is 360 g/mol. The average Bonchev–Trinajstić information content (AvgIpc) is 3.06. The van der Waals surface area contributed by atoms with Gasteiger partial charge in [-0.05, 0) is 29.3 Å². The molecule has 0 aliphatic rings. The number of phenolic OH excluding ortho intramolecular Hbond substituents is 1. The third kappa shape index (κ3) is 3.19. The van der Waals surface area contributed by atoms with Gasteiger partial charge >= 0.3 is 5.97 Å². The lowest BCUT2D eigenvalue weighted by atomic mass is 10.1. The second kappa shape index (κ2) is 7.02. The number of benzene rings is 3. The lowest BCUT2D eigenvalue weighted by molar-refractivity contribution is 0.0476. The van der Waals surface area contributed by atoms with Gasteiger partial charge in [-0.3, -0.25) is 0 Å². The molecule has 0 radical (unpaired) electrons. The zero-order chi connectivity index (χ0) is 17.9. The monoisotopic (exact) mass is 360 g/mol. The van der Waals surface area contributed by atoms with Crippen LogP contribution in [-0.4, -0.2) is 11.1 Å². The molecule has 4 aromatic rings. The summed E-state index contributed by atoms with van der Waals surface area (Å²) in [6, 6.07) is 24.4. The molecule has 128 valence electrons. The quantitative estimate of drug-likeness (QED) is 0.480. The van der Waals surface area contributed by atoms with Crippen molar-refractivity contribution in [1.82, 2.24) is 0 Å². The first-order valence-corrected chi connectivity index (χ1v) is 9.06. The molecule has 3 aromatic carbocycles. The minimum atomic E-state index is -0.357. The lowest BCUT2D eigenvalue weighted by Crippen LogP contribution is -2.05. The van der Waals surface area contributed by atoms with Crippen LogP contribution in [0.25, 0.3) is 20.5 Å². The van der Waals surface area contributed by atoms with Crippen LogP contribution in [0.1, 0.15) is 15.9 Å². The molecule has 1 aromatic heterocycles. The third-order valence-corrected chi connectivity index (χ3v) is 5.33. The van der Waals surface area contributed by atoms with Crippen molar-refractivity contribution in [3.63, 3.8) is 0 Å². The maximum Gasteiger partial charge on any atom is 0.340 e. The molecule has 0 fully saturated rings. The number of esters is 1. The van der Waals surface area contributed by atoms with Crippen molar-refractivity contribution in [3.05, 3.63) is 90.0 Å². The van der Waals surface area contributed by atoms with Crippen LogP contribution in [0.15, 0.2) is 78.9 Å². The maximum absolute atomic E-state index is 12.9. The molecule has 0 saturated carbocycles. The molecule has 26 heavy (non-hydrogen) atoms. The van der Waals surface area contributed by atoms with Gasteiger partial charge in [-0.2, -0.15) is 0 Å². The van der Waals surface area contributed by atoms with Gasteiger partial charge in [0, 0.05) is 10.1 Å². The fraction of sp³-hybridized carbons (Fsp3) is 0.0455. The summed E-state index contributed by atoms with van der Waals surface area (Å²) in [5, 5.41) is 10.6. The third-order valence-electron chi connectivity index (χ3n) is 4.13. The van der Waals surface area contributed by atoms with Gasteiger partial charge in [0.05, 0.1) is 10.4 Å². The van der Waals surface area contributed by atoms with E-state index in [1.165, 1.54) is 11.3 Å². The van der Waals surface area contributed by atoms with Gasteiger partial charge in [-0.25, -0.2) is 4.79 Å². The van der Waals surface area contributed by atoms with Gasteiger partial charge in [0.2, 0.25) is 0 Å². The van der Waals surface area contributed by atoms with Crippen molar-refractivity contribution in [3.8, 4) is 16.2 Å². The SMILES string of the molecule is O=C(OCc1ccccc1)c1c(-c2ccccc2)sc2cc(O)ccc12. The molecule has 4 heteroatoms. The van der Waals surface area contributed by atoms with Crippen LogP contribution >= 0.6 is 11.3 Å². The van der Waals surface area contributed by atoms with Crippen molar-refractivity contribution >= 4 is 27.4 Å². The standard InChI is InChI=1S/C22H16O3S/c23-17-11-12-18-19(13-17)26-21(16-9-5-2-6-10-16)20(18)22(24)25-14-15-7-3-1-4-8-15/h1-13,23H,14H2. The van der Waals surface area contributed by atoms with Crippen molar-refractivity contribution in [2.75, 3.05) is 0 Å². The van der Waals surface area contributed by atoms with Crippen LogP contribution in [0.5, 0.6) is 5.75 Å². The number of ether oxygens (including phenoxy) is 1. The first-order valence-electron chi connectivity index (χ1n) is 8.24. The van der Waals surface area contributed by atoms with Gasteiger partial charge in [-0.1, -0.05) is 60.7 Å². The van der Waals surface area contributed by atoms with Gasteiger partial charge in [0.1, 0.15) is 12.4 Å². The van der Waals surface area contributed by atoms with Crippen molar-refractivity contribution in [1.29, 1.82) is 0 Å². The van der Waals surface area contributed by atoms with Gasteiger partial charge in [0.15, 0.2) is 0 Å². The molecule has 0 aliphatic heterocycles. The number of carbonyl (C=O) groups excluding carboxylic acids is 1. The molecule has 1 heterocycles.